The van der Waals surface area contributed by atoms with Gasteiger partial charge in [0.2, 0.25) is 5.52 Å². The van der Waals surface area contributed by atoms with Crippen molar-refractivity contribution >= 4 is 33.3 Å². The van der Waals surface area contributed by atoms with Crippen molar-refractivity contribution in [1.29, 1.82) is 10.5 Å². The summed E-state index contributed by atoms with van der Waals surface area (Å²) in [5.41, 5.74) is 8.53. The average molecular weight is 448 g/mol. The molecule has 0 radical (unpaired) electrons. The van der Waals surface area contributed by atoms with Gasteiger partial charge in [-0.3, -0.25) is 0 Å². The molecule has 0 fully saturated rings. The second-order valence-electron chi connectivity index (χ2n) is 9.33. The molecule has 2 aromatic carbocycles. The molecule has 2 heterocycles. The molecule has 1 aromatic heterocycles. The molecule has 4 nitrogen and oxygen atoms in total. The van der Waals surface area contributed by atoms with Crippen molar-refractivity contribution < 1.29 is 4.57 Å². The number of benzene rings is 2. The van der Waals surface area contributed by atoms with E-state index in [-0.39, 0.29) is 11.3 Å². The molecule has 0 spiro atoms. The third-order valence-electron chi connectivity index (χ3n) is 7.64. The molecule has 0 saturated heterocycles. The van der Waals surface area contributed by atoms with Gasteiger partial charge in [-0.05, 0) is 53.8 Å². The highest BCUT2D eigenvalue weighted by Gasteiger charge is 2.51. The van der Waals surface area contributed by atoms with Crippen molar-refractivity contribution in [2.45, 2.75) is 18.8 Å². The number of nitrogens with zero attached hydrogens (tertiary/aromatic N) is 4. The maximum Gasteiger partial charge on any atom is 0.262 e. The van der Waals surface area contributed by atoms with Gasteiger partial charge >= 0.3 is 0 Å². The number of para-hydroxylation sites is 2. The van der Waals surface area contributed by atoms with E-state index in [9.17, 15) is 10.5 Å². The van der Waals surface area contributed by atoms with Crippen LogP contribution >= 0.6 is 11.3 Å². The van der Waals surface area contributed by atoms with Gasteiger partial charge in [0.25, 0.3) is 5.01 Å². The summed E-state index contributed by atoms with van der Waals surface area (Å²) in [6.45, 7) is 2.32. The zero-order valence-electron chi connectivity index (χ0n) is 18.8. The molecule has 1 aliphatic heterocycles. The molecule has 2 aliphatic carbocycles. The molecule has 2 unspecified atom stereocenters. The van der Waals surface area contributed by atoms with Crippen LogP contribution in [0.15, 0.2) is 77.0 Å². The van der Waals surface area contributed by atoms with Gasteiger partial charge in [-0.2, -0.15) is 15.1 Å². The van der Waals surface area contributed by atoms with Gasteiger partial charge in [0, 0.05) is 41.9 Å². The lowest BCUT2D eigenvalue weighted by Crippen LogP contribution is -2.38. The highest BCUT2D eigenvalue weighted by atomic mass is 32.1. The van der Waals surface area contributed by atoms with Crippen LogP contribution in [0.3, 0.4) is 0 Å². The van der Waals surface area contributed by atoms with Gasteiger partial charge in [0.15, 0.2) is 0 Å². The number of hydrogen-bond donors (Lipinski definition) is 0. The van der Waals surface area contributed by atoms with Gasteiger partial charge in [0.05, 0.1) is 12.1 Å². The Hall–Kier alpha value is -3.67. The number of likely N-dealkylation sites (N-methyl/N-ethyl adjacent to an activating group) is 1. The topological polar surface area (TPSA) is 54.7 Å². The Kier molecular flexibility index (Phi) is 4.18. The summed E-state index contributed by atoms with van der Waals surface area (Å²) in [5.74, 6) is -0.862. The summed E-state index contributed by atoms with van der Waals surface area (Å²) in [5, 5.41) is 20.7. The van der Waals surface area contributed by atoms with Gasteiger partial charge in [-0.15, -0.1) is 0 Å². The van der Waals surface area contributed by atoms with Crippen LogP contribution in [0, 0.1) is 34.5 Å². The summed E-state index contributed by atoms with van der Waals surface area (Å²) in [6.07, 6.45) is 5.37. The number of rotatable bonds is 2. The molecule has 2 atom stereocenters. The van der Waals surface area contributed by atoms with Crippen molar-refractivity contribution in [3.8, 4) is 12.1 Å². The maximum absolute atomic E-state index is 9.78. The summed E-state index contributed by atoms with van der Waals surface area (Å²) in [7, 11) is 4.21. The number of hydrogen-bond acceptors (Lipinski definition) is 4. The fourth-order valence-electron chi connectivity index (χ4n) is 5.92. The van der Waals surface area contributed by atoms with Crippen molar-refractivity contribution in [2.75, 3.05) is 11.9 Å². The molecule has 5 heteroatoms. The Morgan fingerprint density at radius 1 is 1.15 bits per heavy atom. The van der Waals surface area contributed by atoms with Gasteiger partial charge < -0.3 is 4.90 Å². The van der Waals surface area contributed by atoms with Crippen LogP contribution in [-0.4, -0.2) is 7.05 Å². The van der Waals surface area contributed by atoms with Gasteiger partial charge in [-0.1, -0.05) is 41.7 Å². The number of anilines is 1. The predicted molar refractivity (Wildman–Crippen MR) is 131 cm³/mol. The largest absolute Gasteiger partial charge is 0.347 e. The number of aryl methyl sites for hydroxylation is 1. The lowest BCUT2D eigenvalue weighted by Gasteiger charge is -2.44. The fraction of sp³-hybridized carbons (Fsp3) is 0.250. The second kappa shape index (κ2) is 6.91. The number of thiazole rings is 1. The second-order valence-corrected chi connectivity index (χ2v) is 10.4. The number of allylic oxidation sites excluding steroid dienone is 5. The van der Waals surface area contributed by atoms with Crippen LogP contribution < -0.4 is 9.47 Å². The van der Waals surface area contributed by atoms with Crippen LogP contribution in [0.2, 0.25) is 0 Å². The van der Waals surface area contributed by atoms with Gasteiger partial charge in [0.1, 0.15) is 17.7 Å². The van der Waals surface area contributed by atoms with Crippen LogP contribution in [-0.2, 0) is 12.5 Å². The van der Waals surface area contributed by atoms with E-state index < -0.39 is 5.92 Å². The molecule has 3 aliphatic rings. The first-order chi connectivity index (χ1) is 16.0. The quantitative estimate of drug-likeness (QED) is 0.495. The molecular weight excluding hydrogens is 424 g/mol. The maximum atomic E-state index is 9.78. The van der Waals surface area contributed by atoms with Crippen molar-refractivity contribution in [3.05, 3.63) is 87.6 Å². The minimum Gasteiger partial charge on any atom is -0.347 e. The van der Waals surface area contributed by atoms with E-state index >= 15 is 0 Å². The lowest BCUT2D eigenvalue weighted by atomic mass is 9.58. The monoisotopic (exact) mass is 447 g/mol. The Labute approximate surface area is 197 Å². The third kappa shape index (κ3) is 2.58. The van der Waals surface area contributed by atoms with Crippen molar-refractivity contribution in [2.24, 2.45) is 18.9 Å². The minimum absolute atomic E-state index is 0.106. The summed E-state index contributed by atoms with van der Waals surface area (Å²) in [6, 6.07) is 21.5. The molecule has 3 aromatic rings. The summed E-state index contributed by atoms with van der Waals surface area (Å²) >= 11 is 1.75. The minimum atomic E-state index is -0.690. The first kappa shape index (κ1) is 20.0. The average Bonchev–Trinajstić information content (AvgIpc) is 3.27. The van der Waals surface area contributed by atoms with Crippen LogP contribution in [0.25, 0.3) is 16.3 Å². The Bertz CT molecular complexity index is 1510. The molecule has 33 heavy (non-hydrogen) atoms. The van der Waals surface area contributed by atoms with E-state index in [1.54, 1.807) is 11.3 Å². The number of nitriles is 2. The zero-order chi connectivity index (χ0) is 22.9. The van der Waals surface area contributed by atoms with E-state index in [0.717, 1.165) is 22.6 Å². The van der Waals surface area contributed by atoms with E-state index in [4.69, 9.17) is 0 Å². The Morgan fingerprint density at radius 3 is 2.64 bits per heavy atom. The van der Waals surface area contributed by atoms with Crippen LogP contribution in [0.1, 0.15) is 23.9 Å². The fourth-order valence-corrected chi connectivity index (χ4v) is 7.02. The van der Waals surface area contributed by atoms with E-state index in [1.165, 1.54) is 32.7 Å². The molecular formula is C28H23N4S+. The standard InChI is InChI=1S/C28H23N4S/c1-28-14-20-18(12-25(28)31(2)22-9-5-4-8-21(22)28)27(17(15-29)16-30)19(20)13-26-32(3)23-10-6-7-11-24(23)33-26/h4-13,17,27H,14H2,1-3H3/q+1. The number of aromatic nitrogens is 1. The van der Waals surface area contributed by atoms with Crippen LogP contribution in [0.5, 0.6) is 0 Å². The zero-order valence-corrected chi connectivity index (χ0v) is 19.6. The highest BCUT2D eigenvalue weighted by molar-refractivity contribution is 7.18. The predicted octanol–water partition coefficient (Wildman–Crippen LogP) is 5.39. The number of fused-ring (bicyclic) bond motifs is 4. The SMILES string of the molecule is CN1C2=CC3=C(CC2(C)c2ccccc21)/C(=C\c1sc2ccccc2[n+]1C)C3C(C#N)C#N. The molecule has 6 rings (SSSR count). The summed E-state index contributed by atoms with van der Waals surface area (Å²) in [4.78, 5) is 2.28. The smallest absolute Gasteiger partial charge is 0.262 e. The Morgan fingerprint density at radius 2 is 1.88 bits per heavy atom. The molecule has 160 valence electrons. The first-order valence-corrected chi connectivity index (χ1v) is 12.0. The highest BCUT2D eigenvalue weighted by Crippen LogP contribution is 2.60. The van der Waals surface area contributed by atoms with E-state index in [1.807, 2.05) is 0 Å². The van der Waals surface area contributed by atoms with E-state index in [2.05, 4.69) is 103 Å². The van der Waals surface area contributed by atoms with E-state index in [0.29, 0.717) is 0 Å². The van der Waals surface area contributed by atoms with Crippen molar-refractivity contribution in [3.63, 3.8) is 0 Å². The molecule has 0 bridgehead atoms. The van der Waals surface area contributed by atoms with Gasteiger partial charge in [-0.25, -0.2) is 0 Å². The summed E-state index contributed by atoms with van der Waals surface area (Å²) < 4.78 is 3.44. The normalized spacial score (nSPS) is 24.2. The molecule has 0 amide bonds. The lowest BCUT2D eigenvalue weighted by molar-refractivity contribution is -0.642. The Balaban J connectivity index is 1.52. The first-order valence-electron chi connectivity index (χ1n) is 11.1. The molecule has 0 N–H and O–H groups in total. The van der Waals surface area contributed by atoms with Crippen molar-refractivity contribution in [1.82, 2.24) is 0 Å². The third-order valence-corrected chi connectivity index (χ3v) is 8.80. The molecule has 0 saturated carbocycles. The van der Waals surface area contributed by atoms with Crippen LogP contribution in [0.4, 0.5) is 5.69 Å².